The summed E-state index contributed by atoms with van der Waals surface area (Å²) in [4.78, 5) is 20.2. The first-order chi connectivity index (χ1) is 16.6. The molecule has 1 aliphatic carbocycles. The smallest absolute Gasteiger partial charge is 0.416 e. The third kappa shape index (κ3) is 7.93. The van der Waals surface area contributed by atoms with Crippen LogP contribution >= 0.6 is 11.6 Å². The van der Waals surface area contributed by atoms with Crippen LogP contribution < -0.4 is 5.32 Å². The number of carbonyl (C=O) groups is 1. The van der Waals surface area contributed by atoms with Gasteiger partial charge in [-0.25, -0.2) is 4.98 Å². The molecule has 1 aromatic carbocycles. The molecule has 6 nitrogen and oxygen atoms in total. The topological polar surface area (TPSA) is 83.8 Å². The Kier molecular flexibility index (Phi) is 9.51. The average molecular weight is 512 g/mol. The molecule has 1 fully saturated rings. The van der Waals surface area contributed by atoms with Gasteiger partial charge in [-0.3, -0.25) is 4.79 Å². The van der Waals surface area contributed by atoms with Gasteiger partial charge in [0.1, 0.15) is 17.5 Å². The van der Waals surface area contributed by atoms with Gasteiger partial charge in [0.2, 0.25) is 0 Å². The molecule has 2 aromatic rings. The molecule has 0 spiro atoms. The van der Waals surface area contributed by atoms with Crippen LogP contribution in [0, 0.1) is 0 Å². The molecule has 0 aliphatic heterocycles. The number of halogens is 4. The minimum absolute atomic E-state index is 0.00000789. The number of benzene rings is 1. The summed E-state index contributed by atoms with van der Waals surface area (Å²) in [6, 6.07) is 7.86. The minimum Gasteiger partial charge on any atom is -0.481 e. The van der Waals surface area contributed by atoms with Crippen molar-refractivity contribution < 1.29 is 27.9 Å². The van der Waals surface area contributed by atoms with Crippen molar-refractivity contribution in [2.24, 2.45) is 5.16 Å². The first kappa shape index (κ1) is 26.9. The van der Waals surface area contributed by atoms with Gasteiger partial charge < -0.3 is 15.3 Å². The molecule has 0 bridgehead atoms. The number of hydrogen-bond acceptors (Lipinski definition) is 5. The Balaban J connectivity index is 1.63. The quantitative estimate of drug-likeness (QED) is 0.169. The monoisotopic (exact) mass is 511 g/mol. The van der Waals surface area contributed by atoms with Gasteiger partial charge in [0, 0.05) is 18.7 Å². The number of aromatic nitrogens is 1. The Morgan fingerprint density at radius 3 is 2.63 bits per heavy atom. The maximum absolute atomic E-state index is 13.7. The van der Waals surface area contributed by atoms with E-state index in [9.17, 15) is 18.0 Å². The number of nitrogens with one attached hydrogen (secondary N) is 1. The number of carboxylic acid groups (broad SMARTS) is 1. The Bertz CT molecular complexity index is 1050. The van der Waals surface area contributed by atoms with Crippen molar-refractivity contribution in [1.82, 2.24) is 10.3 Å². The van der Waals surface area contributed by atoms with Crippen LogP contribution in [0.15, 0.2) is 35.5 Å². The lowest BCUT2D eigenvalue weighted by Crippen LogP contribution is -2.18. The number of pyridine rings is 1. The molecule has 0 unspecified atom stereocenters. The van der Waals surface area contributed by atoms with Gasteiger partial charge in [-0.15, -0.1) is 0 Å². The average Bonchev–Trinajstić information content (AvgIpc) is 2.82. The summed E-state index contributed by atoms with van der Waals surface area (Å²) in [5, 5.41) is 15.9. The first-order valence-corrected chi connectivity index (χ1v) is 12.0. The van der Waals surface area contributed by atoms with Crippen LogP contribution in [0.5, 0.6) is 0 Å². The van der Waals surface area contributed by atoms with Crippen molar-refractivity contribution >= 4 is 23.3 Å². The van der Waals surface area contributed by atoms with E-state index in [-0.39, 0.29) is 24.1 Å². The summed E-state index contributed by atoms with van der Waals surface area (Å²) < 4.78 is 41.2. The Hall–Kier alpha value is -2.65. The van der Waals surface area contributed by atoms with Crippen LogP contribution in [-0.4, -0.2) is 28.3 Å². The second-order valence-electron chi connectivity index (χ2n) is 8.67. The van der Waals surface area contributed by atoms with Gasteiger partial charge in [0.25, 0.3) is 0 Å². The zero-order valence-electron chi connectivity index (χ0n) is 19.5. The number of nitrogens with zero attached hydrogens (tertiary/aromatic N) is 2. The molecule has 0 saturated heterocycles. The molecule has 0 atom stereocenters. The Morgan fingerprint density at radius 1 is 1.23 bits per heavy atom. The van der Waals surface area contributed by atoms with Crippen LogP contribution in [0.3, 0.4) is 0 Å². The first-order valence-electron chi connectivity index (χ1n) is 11.6. The highest BCUT2D eigenvalue weighted by Gasteiger charge is 2.35. The highest BCUT2D eigenvalue weighted by atomic mass is 35.5. The summed E-state index contributed by atoms with van der Waals surface area (Å²) >= 11 is 6.21. The van der Waals surface area contributed by atoms with Gasteiger partial charge in [-0.1, -0.05) is 54.2 Å². The molecule has 0 radical (unpaired) electrons. The van der Waals surface area contributed by atoms with E-state index in [4.69, 9.17) is 21.5 Å². The highest BCUT2D eigenvalue weighted by molar-refractivity contribution is 6.30. The highest BCUT2D eigenvalue weighted by Crippen LogP contribution is 2.41. The maximum atomic E-state index is 13.7. The minimum atomic E-state index is -4.42. The number of alkyl halides is 3. The normalized spacial score (nSPS) is 15.3. The van der Waals surface area contributed by atoms with E-state index in [2.05, 4.69) is 15.5 Å². The largest absolute Gasteiger partial charge is 0.481 e. The van der Waals surface area contributed by atoms with Crippen LogP contribution in [0.1, 0.15) is 79.3 Å². The molecular formula is C25H29ClF3N3O3. The fourth-order valence-corrected chi connectivity index (χ4v) is 4.39. The van der Waals surface area contributed by atoms with Gasteiger partial charge in [0.05, 0.1) is 17.7 Å². The van der Waals surface area contributed by atoms with E-state index in [0.29, 0.717) is 41.2 Å². The van der Waals surface area contributed by atoms with Crippen LogP contribution in [0.2, 0.25) is 5.15 Å². The van der Waals surface area contributed by atoms with Crippen molar-refractivity contribution in [3.05, 3.63) is 63.4 Å². The van der Waals surface area contributed by atoms with Crippen molar-refractivity contribution in [2.75, 3.05) is 6.54 Å². The second-order valence-corrected chi connectivity index (χ2v) is 9.03. The maximum Gasteiger partial charge on any atom is 0.416 e. The molecule has 190 valence electrons. The van der Waals surface area contributed by atoms with Gasteiger partial charge in [0.15, 0.2) is 0 Å². The summed E-state index contributed by atoms with van der Waals surface area (Å²) in [5.74, 6) is -0.944. The number of aliphatic carboxylic acids is 1. The molecule has 0 amide bonds. The van der Waals surface area contributed by atoms with Crippen molar-refractivity contribution in [3.8, 4) is 0 Å². The predicted octanol–water partition coefficient (Wildman–Crippen LogP) is 6.31. The number of hydrogen-bond donors (Lipinski definition) is 2. The molecule has 1 saturated carbocycles. The summed E-state index contributed by atoms with van der Waals surface area (Å²) in [6.07, 6.45) is 0.146. The van der Waals surface area contributed by atoms with E-state index in [1.165, 1.54) is 0 Å². The standard InChI is InChI=1S/C25H29ClF3N3O3/c1-16(22-10-8-19(24(26)31-22)14-30-12-11-23(33)34)32-35-15-17-7-9-20(18-5-3-2-4-6-18)21(13-17)25(27,28)29/h7-10,13,18,30H,2-6,11-12,14-15H2,1H3,(H,33,34)/b32-16+. The van der Waals surface area contributed by atoms with E-state index in [1.807, 2.05) is 0 Å². The van der Waals surface area contributed by atoms with Crippen LogP contribution in [0.25, 0.3) is 0 Å². The number of oxime groups is 1. The molecule has 35 heavy (non-hydrogen) atoms. The SMILES string of the molecule is C/C(=N\OCc1ccc(C2CCCCC2)c(C(F)(F)F)c1)c1ccc(CNCCC(=O)O)c(Cl)n1. The molecule has 1 heterocycles. The van der Waals surface area contributed by atoms with Crippen LogP contribution in [0.4, 0.5) is 13.2 Å². The molecule has 1 aliphatic rings. The lowest BCUT2D eigenvalue weighted by atomic mass is 9.81. The lowest BCUT2D eigenvalue weighted by molar-refractivity contribution is -0.139. The zero-order valence-corrected chi connectivity index (χ0v) is 20.3. The van der Waals surface area contributed by atoms with Gasteiger partial charge in [-0.2, -0.15) is 13.2 Å². The van der Waals surface area contributed by atoms with Gasteiger partial charge in [-0.05, 0) is 48.9 Å². The Labute approximate surface area is 207 Å². The molecule has 10 heteroatoms. The molecule has 3 rings (SSSR count). The van der Waals surface area contributed by atoms with Gasteiger partial charge >= 0.3 is 12.1 Å². The van der Waals surface area contributed by atoms with E-state index in [0.717, 1.165) is 38.2 Å². The summed E-state index contributed by atoms with van der Waals surface area (Å²) in [6.45, 7) is 2.23. The molecular weight excluding hydrogens is 483 g/mol. The fraction of sp³-hybridized carbons (Fsp3) is 0.480. The second kappa shape index (κ2) is 12.4. The van der Waals surface area contributed by atoms with Crippen LogP contribution in [-0.2, 0) is 29.0 Å². The zero-order chi connectivity index (χ0) is 25.4. The van der Waals surface area contributed by atoms with Crippen molar-refractivity contribution in [2.45, 2.75) is 70.7 Å². The Morgan fingerprint density at radius 2 is 1.97 bits per heavy atom. The number of rotatable bonds is 10. The van der Waals surface area contributed by atoms with E-state index >= 15 is 0 Å². The number of carboxylic acids is 1. The summed E-state index contributed by atoms with van der Waals surface area (Å²) in [5.41, 5.74) is 1.76. The van der Waals surface area contributed by atoms with E-state index < -0.39 is 17.7 Å². The molecule has 2 N–H and O–H groups in total. The third-order valence-corrected chi connectivity index (χ3v) is 6.36. The summed E-state index contributed by atoms with van der Waals surface area (Å²) in [7, 11) is 0. The van der Waals surface area contributed by atoms with E-state index in [1.54, 1.807) is 31.2 Å². The third-order valence-electron chi connectivity index (χ3n) is 6.03. The lowest BCUT2D eigenvalue weighted by Gasteiger charge is -2.25. The predicted molar refractivity (Wildman–Crippen MR) is 127 cm³/mol. The van der Waals surface area contributed by atoms with Crippen molar-refractivity contribution in [3.63, 3.8) is 0 Å². The van der Waals surface area contributed by atoms with Crippen molar-refractivity contribution in [1.29, 1.82) is 0 Å². The molecule has 1 aromatic heterocycles. The fourth-order valence-electron chi connectivity index (χ4n) is 4.17.